The van der Waals surface area contributed by atoms with Crippen molar-refractivity contribution in [2.45, 2.75) is 27.3 Å². The molecule has 3 aromatic rings. The quantitative estimate of drug-likeness (QED) is 0.717. The van der Waals surface area contributed by atoms with Gasteiger partial charge in [0, 0.05) is 12.3 Å². The fourth-order valence-electron chi connectivity index (χ4n) is 2.82. The van der Waals surface area contributed by atoms with Gasteiger partial charge < -0.3 is 9.72 Å². The highest BCUT2D eigenvalue weighted by molar-refractivity contribution is 5.95. The normalized spacial score (nSPS) is 11.9. The number of aromatic nitrogens is 2. The summed E-state index contributed by atoms with van der Waals surface area (Å²) in [4.78, 5) is 16.8. The maximum absolute atomic E-state index is 12.4. The molecule has 0 aliphatic rings. The fourth-order valence-corrected chi connectivity index (χ4v) is 2.82. The summed E-state index contributed by atoms with van der Waals surface area (Å²) in [7, 11) is 0. The summed E-state index contributed by atoms with van der Waals surface area (Å²) in [6.45, 7) is 6.65. The van der Waals surface area contributed by atoms with Crippen molar-refractivity contribution in [2.75, 3.05) is 0 Å². The minimum absolute atomic E-state index is 0.100. The summed E-state index contributed by atoms with van der Waals surface area (Å²) < 4.78 is 1.98. The van der Waals surface area contributed by atoms with Crippen molar-refractivity contribution in [3.05, 3.63) is 77.9 Å². The third-order valence-electron chi connectivity index (χ3n) is 4.23. The number of rotatable bonds is 5. The minimum atomic E-state index is -0.100. The van der Waals surface area contributed by atoms with E-state index in [1.54, 1.807) is 6.08 Å². The molecule has 1 amide bonds. The summed E-state index contributed by atoms with van der Waals surface area (Å²) in [5.74, 6) is 0.983. The number of hydrogen-bond acceptors (Lipinski definition) is 2. The van der Waals surface area contributed by atoms with Crippen LogP contribution in [0.5, 0.6) is 0 Å². The van der Waals surface area contributed by atoms with Crippen LogP contribution in [0, 0.1) is 12.8 Å². The van der Waals surface area contributed by atoms with Crippen LogP contribution in [0.2, 0.25) is 0 Å². The van der Waals surface area contributed by atoms with Crippen molar-refractivity contribution in [2.24, 2.45) is 5.92 Å². The van der Waals surface area contributed by atoms with Gasteiger partial charge in [0.05, 0.1) is 18.3 Å². The third kappa shape index (κ3) is 3.97. The van der Waals surface area contributed by atoms with E-state index >= 15 is 0 Å². The van der Waals surface area contributed by atoms with Gasteiger partial charge in [-0.05, 0) is 36.1 Å². The molecule has 0 aliphatic carbocycles. The van der Waals surface area contributed by atoms with Crippen LogP contribution in [-0.2, 0) is 11.3 Å². The molecule has 0 fully saturated rings. The van der Waals surface area contributed by atoms with Crippen molar-refractivity contribution in [1.82, 2.24) is 14.7 Å². The number of allylic oxidation sites excluding steroid dienone is 1. The molecule has 0 unspecified atom stereocenters. The van der Waals surface area contributed by atoms with Gasteiger partial charge in [0.15, 0.2) is 0 Å². The molecule has 2 aromatic heterocycles. The van der Waals surface area contributed by atoms with Gasteiger partial charge in [0.25, 0.3) is 0 Å². The minimum Gasteiger partial charge on any atom is -0.345 e. The molecule has 25 heavy (non-hydrogen) atoms. The zero-order valence-electron chi connectivity index (χ0n) is 14.9. The second kappa shape index (κ2) is 7.34. The van der Waals surface area contributed by atoms with Gasteiger partial charge in [0.1, 0.15) is 5.82 Å². The molecule has 128 valence electrons. The summed E-state index contributed by atoms with van der Waals surface area (Å²) >= 11 is 0. The number of benzene rings is 1. The summed E-state index contributed by atoms with van der Waals surface area (Å²) in [5, 5.41) is 2.95. The number of carbonyl (C=O) groups excluding carboxylic acids is 1. The molecule has 0 saturated carbocycles. The van der Waals surface area contributed by atoms with E-state index in [0.29, 0.717) is 6.54 Å². The van der Waals surface area contributed by atoms with Crippen molar-refractivity contribution in [3.63, 3.8) is 0 Å². The van der Waals surface area contributed by atoms with E-state index in [0.717, 1.165) is 22.5 Å². The van der Waals surface area contributed by atoms with Crippen LogP contribution in [0.25, 0.3) is 11.1 Å². The molecule has 0 aliphatic heterocycles. The van der Waals surface area contributed by atoms with Crippen LogP contribution in [0.4, 0.5) is 0 Å². The number of nitrogens with one attached hydrogen (secondary N) is 1. The van der Waals surface area contributed by atoms with Crippen LogP contribution in [-0.4, -0.2) is 15.3 Å². The lowest BCUT2D eigenvalue weighted by Gasteiger charge is -2.12. The van der Waals surface area contributed by atoms with Crippen molar-refractivity contribution in [1.29, 1.82) is 0 Å². The first-order valence-corrected chi connectivity index (χ1v) is 8.52. The van der Waals surface area contributed by atoms with Gasteiger partial charge in [-0.3, -0.25) is 4.79 Å². The highest BCUT2D eigenvalue weighted by Gasteiger charge is 2.10. The number of carbonyl (C=O) groups is 1. The Kier molecular flexibility index (Phi) is 4.98. The molecule has 0 atom stereocenters. The molecular weight excluding hydrogens is 310 g/mol. The highest BCUT2D eigenvalue weighted by atomic mass is 16.1. The van der Waals surface area contributed by atoms with Gasteiger partial charge in [-0.15, -0.1) is 0 Å². The van der Waals surface area contributed by atoms with Crippen LogP contribution in [0.3, 0.4) is 0 Å². The average Bonchev–Trinajstić information content (AvgIpc) is 3.02. The van der Waals surface area contributed by atoms with E-state index in [2.05, 4.69) is 55.3 Å². The maximum Gasteiger partial charge on any atom is 0.244 e. The van der Waals surface area contributed by atoms with E-state index in [9.17, 15) is 4.79 Å². The Balaban J connectivity index is 1.74. The molecule has 1 N–H and O–H groups in total. The summed E-state index contributed by atoms with van der Waals surface area (Å²) in [6.07, 6.45) is 5.46. The van der Waals surface area contributed by atoms with Crippen LogP contribution in [0.1, 0.15) is 30.8 Å². The van der Waals surface area contributed by atoms with Gasteiger partial charge in [-0.2, -0.15) is 0 Å². The second-order valence-corrected chi connectivity index (χ2v) is 6.51. The topological polar surface area (TPSA) is 46.4 Å². The number of fused-ring (bicyclic) bond motifs is 1. The SMILES string of the molecule is Cc1ccc(/C(=C/C(=O)NCc2ncc3ccccn23)C(C)C)cc1. The lowest BCUT2D eigenvalue weighted by molar-refractivity contribution is -0.116. The smallest absolute Gasteiger partial charge is 0.244 e. The standard InChI is InChI=1S/C21H23N3O/c1-15(2)19(17-9-7-16(3)8-10-17)12-21(25)23-14-20-22-13-18-6-4-5-11-24(18)20/h4-13,15H,14H2,1-3H3,(H,23,25)/b19-12+. The number of hydrogen-bond donors (Lipinski definition) is 1. The molecule has 3 rings (SSSR count). The van der Waals surface area contributed by atoms with Crippen molar-refractivity contribution in [3.8, 4) is 0 Å². The molecule has 0 radical (unpaired) electrons. The van der Waals surface area contributed by atoms with Crippen molar-refractivity contribution < 1.29 is 4.79 Å². The van der Waals surface area contributed by atoms with Crippen molar-refractivity contribution >= 4 is 17.0 Å². The van der Waals surface area contributed by atoms with Gasteiger partial charge in [-0.1, -0.05) is 49.7 Å². The first kappa shape index (κ1) is 17.0. The molecule has 4 heteroatoms. The first-order chi connectivity index (χ1) is 12.0. The Bertz CT molecular complexity index is 904. The zero-order chi connectivity index (χ0) is 17.8. The molecule has 4 nitrogen and oxygen atoms in total. The summed E-state index contributed by atoms with van der Waals surface area (Å²) in [6, 6.07) is 14.2. The second-order valence-electron chi connectivity index (χ2n) is 6.51. The predicted molar refractivity (Wildman–Crippen MR) is 101 cm³/mol. The molecule has 0 saturated heterocycles. The number of amides is 1. The number of pyridine rings is 1. The highest BCUT2D eigenvalue weighted by Crippen LogP contribution is 2.23. The number of imidazole rings is 1. The Morgan fingerprint density at radius 1 is 1.20 bits per heavy atom. The van der Waals surface area contributed by atoms with Crippen LogP contribution < -0.4 is 5.32 Å². The molecule has 0 spiro atoms. The third-order valence-corrected chi connectivity index (χ3v) is 4.23. The first-order valence-electron chi connectivity index (χ1n) is 8.52. The Morgan fingerprint density at radius 3 is 2.68 bits per heavy atom. The van der Waals surface area contributed by atoms with E-state index in [1.807, 2.05) is 35.0 Å². The fraction of sp³-hybridized carbons (Fsp3) is 0.238. The largest absolute Gasteiger partial charge is 0.345 e. The number of aryl methyl sites for hydroxylation is 1. The molecule has 0 bridgehead atoms. The van der Waals surface area contributed by atoms with Crippen LogP contribution >= 0.6 is 0 Å². The predicted octanol–water partition coefficient (Wildman–Crippen LogP) is 4.00. The summed E-state index contributed by atoms with van der Waals surface area (Å²) in [5.41, 5.74) is 4.35. The zero-order valence-corrected chi connectivity index (χ0v) is 14.9. The van der Waals surface area contributed by atoms with E-state index in [-0.39, 0.29) is 11.8 Å². The van der Waals surface area contributed by atoms with Gasteiger partial charge in [0.2, 0.25) is 5.91 Å². The molecular formula is C21H23N3O. The number of nitrogens with zero attached hydrogens (tertiary/aromatic N) is 2. The molecule has 1 aromatic carbocycles. The Labute approximate surface area is 148 Å². The van der Waals surface area contributed by atoms with Gasteiger partial charge >= 0.3 is 0 Å². The van der Waals surface area contributed by atoms with E-state index in [4.69, 9.17) is 0 Å². The van der Waals surface area contributed by atoms with Gasteiger partial charge in [-0.25, -0.2) is 4.98 Å². The Hall–Kier alpha value is -2.88. The van der Waals surface area contributed by atoms with E-state index in [1.165, 1.54) is 5.56 Å². The molecule has 2 heterocycles. The monoisotopic (exact) mass is 333 g/mol. The lowest BCUT2D eigenvalue weighted by atomic mass is 9.94. The van der Waals surface area contributed by atoms with E-state index < -0.39 is 0 Å². The lowest BCUT2D eigenvalue weighted by Crippen LogP contribution is -2.22. The maximum atomic E-state index is 12.4. The van der Waals surface area contributed by atoms with Crippen LogP contribution in [0.15, 0.2) is 60.9 Å². The Morgan fingerprint density at radius 2 is 1.96 bits per heavy atom. The average molecular weight is 333 g/mol.